The third kappa shape index (κ3) is 3.32. The Kier molecular flexibility index (Phi) is 4.90. The zero-order chi connectivity index (χ0) is 16.3. The van der Waals surface area contributed by atoms with Gasteiger partial charge in [0.2, 0.25) is 11.8 Å². The van der Waals surface area contributed by atoms with E-state index in [-0.39, 0.29) is 30.2 Å². The lowest BCUT2D eigenvalue weighted by Gasteiger charge is -2.20. The molecule has 1 aliphatic heterocycles. The molecular weight excluding hydrogens is 284 g/mol. The predicted octanol–water partition coefficient (Wildman–Crippen LogP) is 1.90. The minimum atomic E-state index is -0.342. The summed E-state index contributed by atoms with van der Waals surface area (Å²) in [4.78, 5) is 26.0. The summed E-state index contributed by atoms with van der Waals surface area (Å²) in [6.07, 6.45) is 0.246. The number of benzene rings is 1. The van der Waals surface area contributed by atoms with Gasteiger partial charge in [-0.1, -0.05) is 0 Å². The topological polar surface area (TPSA) is 67.9 Å². The highest BCUT2D eigenvalue weighted by atomic mass is 16.5. The Morgan fingerprint density at radius 3 is 2.59 bits per heavy atom. The highest BCUT2D eigenvalue weighted by Gasteiger charge is 2.35. The van der Waals surface area contributed by atoms with Gasteiger partial charge in [0.1, 0.15) is 11.5 Å². The van der Waals surface area contributed by atoms with Crippen molar-refractivity contribution in [3.8, 4) is 11.5 Å². The van der Waals surface area contributed by atoms with Gasteiger partial charge in [0.15, 0.2) is 0 Å². The Morgan fingerprint density at radius 1 is 1.32 bits per heavy atom. The van der Waals surface area contributed by atoms with Crippen LogP contribution in [0, 0.1) is 5.92 Å². The molecular formula is C16H22N2O4. The van der Waals surface area contributed by atoms with E-state index in [1.807, 2.05) is 13.8 Å². The molecule has 1 aromatic rings. The van der Waals surface area contributed by atoms with Crippen LogP contribution in [0.5, 0.6) is 11.5 Å². The molecule has 22 heavy (non-hydrogen) atoms. The van der Waals surface area contributed by atoms with E-state index in [0.717, 1.165) is 0 Å². The minimum absolute atomic E-state index is 0.0211. The van der Waals surface area contributed by atoms with E-state index in [2.05, 4.69) is 5.32 Å². The number of ether oxygens (including phenoxy) is 2. The van der Waals surface area contributed by atoms with Gasteiger partial charge >= 0.3 is 0 Å². The Labute approximate surface area is 130 Å². The Hall–Kier alpha value is -2.24. The normalized spacial score (nSPS) is 17.8. The van der Waals surface area contributed by atoms with Crippen LogP contribution in [0.2, 0.25) is 0 Å². The molecule has 120 valence electrons. The molecule has 0 spiro atoms. The van der Waals surface area contributed by atoms with Crippen LogP contribution in [0.3, 0.4) is 0 Å². The zero-order valence-electron chi connectivity index (χ0n) is 13.4. The summed E-state index contributed by atoms with van der Waals surface area (Å²) < 4.78 is 10.4. The van der Waals surface area contributed by atoms with Gasteiger partial charge in [0, 0.05) is 25.1 Å². The van der Waals surface area contributed by atoms with Gasteiger partial charge in [0.05, 0.1) is 25.8 Å². The van der Waals surface area contributed by atoms with Crippen LogP contribution in [0.1, 0.15) is 20.3 Å². The fraction of sp³-hybridized carbons (Fsp3) is 0.500. The second kappa shape index (κ2) is 6.68. The number of anilines is 1. The van der Waals surface area contributed by atoms with Gasteiger partial charge in [-0.25, -0.2) is 0 Å². The summed E-state index contributed by atoms with van der Waals surface area (Å²) in [7, 11) is 3.10. The monoisotopic (exact) mass is 306 g/mol. The van der Waals surface area contributed by atoms with Crippen molar-refractivity contribution in [1.29, 1.82) is 0 Å². The van der Waals surface area contributed by atoms with Gasteiger partial charge in [-0.05, 0) is 26.0 Å². The second-order valence-electron chi connectivity index (χ2n) is 5.60. The first-order valence-corrected chi connectivity index (χ1v) is 7.28. The second-order valence-corrected chi connectivity index (χ2v) is 5.60. The van der Waals surface area contributed by atoms with Crippen LogP contribution in [-0.2, 0) is 9.59 Å². The first-order chi connectivity index (χ1) is 10.5. The molecule has 1 aliphatic rings. The largest absolute Gasteiger partial charge is 0.497 e. The number of amides is 2. The van der Waals surface area contributed by atoms with E-state index in [1.165, 1.54) is 7.11 Å². The van der Waals surface area contributed by atoms with Crippen molar-refractivity contribution >= 4 is 17.5 Å². The molecule has 0 aliphatic carbocycles. The molecule has 1 fully saturated rings. The van der Waals surface area contributed by atoms with Gasteiger partial charge in [-0.15, -0.1) is 0 Å². The number of carbonyl (C=O) groups excluding carboxylic acids is 2. The fourth-order valence-corrected chi connectivity index (χ4v) is 2.55. The average molecular weight is 306 g/mol. The summed E-state index contributed by atoms with van der Waals surface area (Å²) in [5.41, 5.74) is 0.544. The SMILES string of the molecule is COc1ccc(OC)c(NC(=O)[C@@H]2CC(=O)N(C(C)C)C2)c1. The minimum Gasteiger partial charge on any atom is -0.497 e. The number of nitrogens with zero attached hydrogens (tertiary/aromatic N) is 1. The third-order valence-corrected chi connectivity index (χ3v) is 3.82. The Bertz CT molecular complexity index is 571. The van der Waals surface area contributed by atoms with Crippen LogP contribution in [0.4, 0.5) is 5.69 Å². The van der Waals surface area contributed by atoms with Crippen molar-refractivity contribution in [2.75, 3.05) is 26.1 Å². The summed E-state index contributed by atoms with van der Waals surface area (Å²) in [5.74, 6) is 0.684. The highest BCUT2D eigenvalue weighted by molar-refractivity contribution is 5.98. The molecule has 0 unspecified atom stereocenters. The van der Waals surface area contributed by atoms with Crippen molar-refractivity contribution in [1.82, 2.24) is 4.90 Å². The number of likely N-dealkylation sites (tertiary alicyclic amines) is 1. The molecule has 1 saturated heterocycles. The molecule has 1 aromatic carbocycles. The van der Waals surface area contributed by atoms with Crippen molar-refractivity contribution in [2.45, 2.75) is 26.3 Å². The zero-order valence-corrected chi connectivity index (χ0v) is 13.4. The van der Waals surface area contributed by atoms with Gasteiger partial charge in [-0.2, -0.15) is 0 Å². The third-order valence-electron chi connectivity index (χ3n) is 3.82. The molecule has 0 radical (unpaired) electrons. The first kappa shape index (κ1) is 16.1. The van der Waals surface area contributed by atoms with E-state index in [9.17, 15) is 9.59 Å². The molecule has 2 rings (SSSR count). The average Bonchev–Trinajstić information content (AvgIpc) is 2.89. The molecule has 6 nitrogen and oxygen atoms in total. The fourth-order valence-electron chi connectivity index (χ4n) is 2.55. The summed E-state index contributed by atoms with van der Waals surface area (Å²) >= 11 is 0. The lowest BCUT2D eigenvalue weighted by atomic mass is 10.1. The predicted molar refractivity (Wildman–Crippen MR) is 83.1 cm³/mol. The van der Waals surface area contributed by atoms with Gasteiger partial charge in [0.25, 0.3) is 0 Å². The molecule has 0 bridgehead atoms. The molecule has 0 saturated carbocycles. The molecule has 1 heterocycles. The quantitative estimate of drug-likeness (QED) is 0.902. The van der Waals surface area contributed by atoms with E-state index >= 15 is 0 Å². The maximum absolute atomic E-state index is 12.4. The standard InChI is InChI=1S/C16H22N2O4/c1-10(2)18-9-11(7-15(18)19)16(20)17-13-8-12(21-3)5-6-14(13)22-4/h5-6,8,10-11H,7,9H2,1-4H3,(H,17,20)/t11-/m1/s1. The lowest BCUT2D eigenvalue weighted by Crippen LogP contribution is -2.33. The van der Waals surface area contributed by atoms with Crippen LogP contribution >= 0.6 is 0 Å². The first-order valence-electron chi connectivity index (χ1n) is 7.28. The van der Waals surface area contributed by atoms with Crippen molar-refractivity contribution in [3.05, 3.63) is 18.2 Å². The van der Waals surface area contributed by atoms with Crippen LogP contribution in [-0.4, -0.2) is 43.5 Å². The maximum Gasteiger partial charge on any atom is 0.229 e. The molecule has 1 atom stereocenters. The smallest absolute Gasteiger partial charge is 0.229 e. The summed E-state index contributed by atoms with van der Waals surface area (Å²) in [6, 6.07) is 5.30. The summed E-state index contributed by atoms with van der Waals surface area (Å²) in [5, 5.41) is 2.84. The maximum atomic E-state index is 12.4. The van der Waals surface area contributed by atoms with Crippen molar-refractivity contribution in [3.63, 3.8) is 0 Å². The highest BCUT2D eigenvalue weighted by Crippen LogP contribution is 2.30. The lowest BCUT2D eigenvalue weighted by molar-refractivity contribution is -0.129. The van der Waals surface area contributed by atoms with E-state index < -0.39 is 0 Å². The number of nitrogens with one attached hydrogen (secondary N) is 1. The van der Waals surface area contributed by atoms with Crippen LogP contribution < -0.4 is 14.8 Å². The molecule has 1 N–H and O–H groups in total. The van der Waals surface area contributed by atoms with E-state index in [1.54, 1.807) is 30.2 Å². The number of carbonyl (C=O) groups is 2. The molecule has 2 amide bonds. The number of hydrogen-bond acceptors (Lipinski definition) is 4. The number of rotatable bonds is 5. The van der Waals surface area contributed by atoms with Gasteiger partial charge < -0.3 is 19.7 Å². The number of methoxy groups -OCH3 is 2. The molecule has 0 aromatic heterocycles. The Balaban J connectivity index is 2.11. The van der Waals surface area contributed by atoms with Crippen molar-refractivity contribution in [2.24, 2.45) is 5.92 Å². The van der Waals surface area contributed by atoms with Gasteiger partial charge in [-0.3, -0.25) is 9.59 Å². The Morgan fingerprint density at radius 2 is 2.05 bits per heavy atom. The number of hydrogen-bond donors (Lipinski definition) is 1. The summed E-state index contributed by atoms with van der Waals surface area (Å²) in [6.45, 7) is 4.35. The molecule has 6 heteroatoms. The van der Waals surface area contributed by atoms with Crippen LogP contribution in [0.15, 0.2) is 18.2 Å². The van der Waals surface area contributed by atoms with E-state index in [0.29, 0.717) is 23.7 Å². The van der Waals surface area contributed by atoms with E-state index in [4.69, 9.17) is 9.47 Å². The van der Waals surface area contributed by atoms with Crippen LogP contribution in [0.25, 0.3) is 0 Å². The van der Waals surface area contributed by atoms with Crippen molar-refractivity contribution < 1.29 is 19.1 Å².